The van der Waals surface area contributed by atoms with Crippen LogP contribution in [0.1, 0.15) is 12.5 Å². The second kappa shape index (κ2) is 7.00. The van der Waals surface area contributed by atoms with E-state index in [1.165, 1.54) is 5.56 Å². The maximum absolute atomic E-state index is 9.03. The summed E-state index contributed by atoms with van der Waals surface area (Å²) in [7, 11) is 1.65. The number of ether oxygens (including phenoxy) is 1. The molecule has 16 heavy (non-hydrogen) atoms. The fourth-order valence-electron chi connectivity index (χ4n) is 1.56. The molecule has 0 aliphatic heterocycles. The van der Waals surface area contributed by atoms with Crippen molar-refractivity contribution in [2.45, 2.75) is 19.5 Å². The number of nitrogens with zero attached hydrogens (tertiary/aromatic N) is 1. The number of nitriles is 1. The Morgan fingerprint density at radius 3 is 2.62 bits per heavy atom. The first kappa shape index (κ1) is 12.7. The zero-order chi connectivity index (χ0) is 11.8. The van der Waals surface area contributed by atoms with E-state index in [9.17, 15) is 0 Å². The third-order valence-electron chi connectivity index (χ3n) is 2.51. The third kappa shape index (κ3) is 4.01. The van der Waals surface area contributed by atoms with Gasteiger partial charge in [0.15, 0.2) is 0 Å². The zero-order valence-corrected chi connectivity index (χ0v) is 9.81. The lowest BCUT2D eigenvalue weighted by Crippen LogP contribution is -2.35. The molecule has 0 bridgehead atoms. The van der Waals surface area contributed by atoms with Crippen molar-refractivity contribution < 1.29 is 4.74 Å². The lowest BCUT2D eigenvalue weighted by atomic mass is 10.0. The van der Waals surface area contributed by atoms with Gasteiger partial charge in [-0.3, -0.25) is 5.32 Å². The highest BCUT2D eigenvalue weighted by Crippen LogP contribution is 2.05. The summed E-state index contributed by atoms with van der Waals surface area (Å²) in [6, 6.07) is 12.2. The molecule has 1 aromatic carbocycles. The normalized spacial score (nSPS) is 14.1. The maximum Gasteiger partial charge on any atom is 0.100 e. The van der Waals surface area contributed by atoms with Crippen LogP contribution in [0.3, 0.4) is 0 Å². The molecule has 0 saturated heterocycles. The van der Waals surface area contributed by atoms with Gasteiger partial charge in [-0.2, -0.15) is 5.26 Å². The summed E-state index contributed by atoms with van der Waals surface area (Å²) in [5, 5.41) is 12.3. The molecule has 0 aliphatic rings. The van der Waals surface area contributed by atoms with E-state index in [2.05, 4.69) is 11.4 Å². The Kier molecular flexibility index (Phi) is 5.55. The minimum Gasteiger partial charge on any atom is -0.384 e. The fraction of sp³-hybridized carbons (Fsp3) is 0.462. The second-order valence-electron chi connectivity index (χ2n) is 3.91. The number of hydrogen-bond donors (Lipinski definition) is 1. The van der Waals surface area contributed by atoms with Crippen molar-refractivity contribution >= 4 is 0 Å². The molecule has 1 rings (SSSR count). The van der Waals surface area contributed by atoms with Crippen LogP contribution in [-0.4, -0.2) is 19.8 Å². The first-order valence-corrected chi connectivity index (χ1v) is 5.43. The average molecular weight is 218 g/mol. The van der Waals surface area contributed by atoms with Crippen LogP contribution in [0.2, 0.25) is 0 Å². The van der Waals surface area contributed by atoms with Crippen molar-refractivity contribution in [2.24, 2.45) is 5.92 Å². The number of nitrogens with one attached hydrogen (secondary N) is 1. The van der Waals surface area contributed by atoms with Gasteiger partial charge in [-0.05, 0) is 5.56 Å². The van der Waals surface area contributed by atoms with Gasteiger partial charge in [0.05, 0.1) is 12.7 Å². The lowest BCUT2D eigenvalue weighted by Gasteiger charge is -2.18. The Bertz CT molecular complexity index is 332. The van der Waals surface area contributed by atoms with Crippen LogP contribution in [0.25, 0.3) is 0 Å². The summed E-state index contributed by atoms with van der Waals surface area (Å²) in [6.07, 6.45) is 0. The molecular formula is C13H18N2O. The van der Waals surface area contributed by atoms with Gasteiger partial charge in [-0.1, -0.05) is 37.3 Å². The molecule has 0 saturated carbocycles. The van der Waals surface area contributed by atoms with Gasteiger partial charge >= 0.3 is 0 Å². The van der Waals surface area contributed by atoms with Crippen molar-refractivity contribution in [2.75, 3.05) is 13.7 Å². The van der Waals surface area contributed by atoms with Gasteiger partial charge in [0.2, 0.25) is 0 Å². The van der Waals surface area contributed by atoms with Gasteiger partial charge in [-0.25, -0.2) is 0 Å². The minimum atomic E-state index is -0.167. The van der Waals surface area contributed by atoms with Crippen molar-refractivity contribution in [1.29, 1.82) is 5.26 Å². The topological polar surface area (TPSA) is 45.0 Å². The predicted octanol–water partition coefficient (Wildman–Crippen LogP) is 1.95. The van der Waals surface area contributed by atoms with Gasteiger partial charge < -0.3 is 4.74 Å². The standard InChI is InChI=1S/C13H18N2O/c1-11(10-16-2)13(8-14)15-9-12-6-4-3-5-7-12/h3-7,11,13,15H,9-10H2,1-2H3. The Morgan fingerprint density at radius 1 is 1.38 bits per heavy atom. The van der Waals surface area contributed by atoms with Crippen LogP contribution < -0.4 is 5.32 Å². The van der Waals surface area contributed by atoms with Crippen LogP contribution >= 0.6 is 0 Å². The molecule has 1 aromatic rings. The average Bonchev–Trinajstić information content (AvgIpc) is 2.31. The summed E-state index contributed by atoms with van der Waals surface area (Å²) in [6.45, 7) is 3.32. The third-order valence-corrected chi connectivity index (χ3v) is 2.51. The highest BCUT2D eigenvalue weighted by Gasteiger charge is 2.15. The smallest absolute Gasteiger partial charge is 0.100 e. The van der Waals surface area contributed by atoms with E-state index in [1.807, 2.05) is 37.3 Å². The lowest BCUT2D eigenvalue weighted by molar-refractivity contribution is 0.148. The second-order valence-corrected chi connectivity index (χ2v) is 3.91. The number of rotatable bonds is 6. The molecule has 1 N–H and O–H groups in total. The quantitative estimate of drug-likeness (QED) is 0.793. The van der Waals surface area contributed by atoms with E-state index < -0.39 is 0 Å². The maximum atomic E-state index is 9.03. The molecule has 2 atom stereocenters. The number of hydrogen-bond acceptors (Lipinski definition) is 3. The van der Waals surface area contributed by atoms with Crippen molar-refractivity contribution in [3.8, 4) is 6.07 Å². The van der Waals surface area contributed by atoms with Gasteiger partial charge in [-0.15, -0.1) is 0 Å². The van der Waals surface area contributed by atoms with E-state index >= 15 is 0 Å². The minimum absolute atomic E-state index is 0.167. The molecule has 2 unspecified atom stereocenters. The molecule has 0 fully saturated rings. The largest absolute Gasteiger partial charge is 0.384 e. The molecule has 3 heteroatoms. The highest BCUT2D eigenvalue weighted by atomic mass is 16.5. The number of methoxy groups -OCH3 is 1. The van der Waals surface area contributed by atoms with Crippen molar-refractivity contribution in [3.63, 3.8) is 0 Å². The monoisotopic (exact) mass is 218 g/mol. The molecule has 3 nitrogen and oxygen atoms in total. The first-order valence-electron chi connectivity index (χ1n) is 5.43. The van der Waals surface area contributed by atoms with Crippen molar-refractivity contribution in [3.05, 3.63) is 35.9 Å². The summed E-state index contributed by atoms with van der Waals surface area (Å²) in [5.41, 5.74) is 1.19. The van der Waals surface area contributed by atoms with Crippen LogP contribution in [0.5, 0.6) is 0 Å². The summed E-state index contributed by atoms with van der Waals surface area (Å²) >= 11 is 0. The Morgan fingerprint density at radius 2 is 2.06 bits per heavy atom. The van der Waals surface area contributed by atoms with E-state index in [0.717, 1.165) is 0 Å². The van der Waals surface area contributed by atoms with Crippen LogP contribution in [0.15, 0.2) is 30.3 Å². The SMILES string of the molecule is COCC(C)C(C#N)NCc1ccccc1. The summed E-state index contributed by atoms with van der Waals surface area (Å²) in [4.78, 5) is 0. The van der Waals surface area contributed by atoms with Gasteiger partial charge in [0.1, 0.15) is 6.04 Å². The Hall–Kier alpha value is -1.37. The Balaban J connectivity index is 2.43. The van der Waals surface area contributed by atoms with Crippen LogP contribution in [0.4, 0.5) is 0 Å². The Labute approximate surface area is 97.0 Å². The first-order chi connectivity index (χ1) is 7.77. The molecule has 0 amide bonds. The highest BCUT2D eigenvalue weighted by molar-refractivity contribution is 5.14. The molecule has 86 valence electrons. The molecule has 0 aromatic heterocycles. The molecule has 0 radical (unpaired) electrons. The van der Waals surface area contributed by atoms with E-state index in [-0.39, 0.29) is 12.0 Å². The van der Waals surface area contributed by atoms with Gasteiger partial charge in [0, 0.05) is 19.6 Å². The van der Waals surface area contributed by atoms with Crippen LogP contribution in [-0.2, 0) is 11.3 Å². The summed E-state index contributed by atoms with van der Waals surface area (Å²) in [5.74, 6) is 0.193. The van der Waals surface area contributed by atoms with E-state index in [4.69, 9.17) is 10.00 Å². The van der Waals surface area contributed by atoms with Crippen LogP contribution in [0, 0.1) is 17.2 Å². The number of benzene rings is 1. The zero-order valence-electron chi connectivity index (χ0n) is 9.81. The fourth-order valence-corrected chi connectivity index (χ4v) is 1.56. The molecule has 0 spiro atoms. The van der Waals surface area contributed by atoms with E-state index in [1.54, 1.807) is 7.11 Å². The molecular weight excluding hydrogens is 200 g/mol. The van der Waals surface area contributed by atoms with Gasteiger partial charge in [0.25, 0.3) is 0 Å². The van der Waals surface area contributed by atoms with E-state index in [0.29, 0.717) is 13.2 Å². The van der Waals surface area contributed by atoms with Crippen molar-refractivity contribution in [1.82, 2.24) is 5.32 Å². The molecule has 0 heterocycles. The summed E-state index contributed by atoms with van der Waals surface area (Å²) < 4.78 is 5.05. The molecule has 0 aliphatic carbocycles. The predicted molar refractivity (Wildman–Crippen MR) is 63.7 cm³/mol.